The Morgan fingerprint density at radius 3 is 2.70 bits per heavy atom. The highest BCUT2D eigenvalue weighted by atomic mass is 32.1. The highest BCUT2D eigenvalue weighted by molar-refractivity contribution is 7.10. The Balaban J connectivity index is 1.46. The Hall–Kier alpha value is -2.21. The molecule has 27 heavy (non-hydrogen) atoms. The Morgan fingerprint density at radius 1 is 1.15 bits per heavy atom. The molecule has 142 valence electrons. The molecule has 0 aliphatic carbocycles. The number of benzene rings is 1. The SMILES string of the molecule is CC1c2ccsc2CCN1C(=O)C1CCCN(C(=O)c2ccc(F)cc2)C1. The Morgan fingerprint density at radius 2 is 1.93 bits per heavy atom. The molecular formula is C21H23FN2O2S. The maximum atomic E-state index is 13.2. The Bertz CT molecular complexity index is 848. The van der Waals surface area contributed by atoms with E-state index in [1.807, 2.05) is 4.90 Å². The maximum Gasteiger partial charge on any atom is 0.253 e. The van der Waals surface area contributed by atoms with E-state index in [0.29, 0.717) is 18.7 Å². The van der Waals surface area contributed by atoms with Crippen LogP contribution in [0.1, 0.15) is 46.6 Å². The first-order chi connectivity index (χ1) is 13.0. The fourth-order valence-electron chi connectivity index (χ4n) is 4.18. The third kappa shape index (κ3) is 3.50. The number of thiophene rings is 1. The summed E-state index contributed by atoms with van der Waals surface area (Å²) in [6.45, 7) is 3.92. The molecule has 1 saturated heterocycles. The first kappa shape index (κ1) is 18.2. The highest BCUT2D eigenvalue weighted by Crippen LogP contribution is 2.34. The van der Waals surface area contributed by atoms with Crippen LogP contribution >= 0.6 is 11.3 Å². The van der Waals surface area contributed by atoms with Crippen molar-refractivity contribution in [2.75, 3.05) is 19.6 Å². The molecule has 0 N–H and O–H groups in total. The molecule has 2 unspecified atom stereocenters. The minimum atomic E-state index is -0.356. The summed E-state index contributed by atoms with van der Waals surface area (Å²) in [6.07, 6.45) is 2.54. The second-order valence-corrected chi connectivity index (χ2v) is 8.35. The van der Waals surface area contributed by atoms with Crippen molar-refractivity contribution in [1.82, 2.24) is 9.80 Å². The molecule has 1 aromatic heterocycles. The molecule has 0 radical (unpaired) electrons. The molecule has 0 bridgehead atoms. The Labute approximate surface area is 162 Å². The molecule has 3 heterocycles. The minimum absolute atomic E-state index is 0.0932. The zero-order chi connectivity index (χ0) is 19.0. The third-order valence-corrected chi connectivity index (χ3v) is 6.71. The second kappa shape index (κ2) is 7.43. The van der Waals surface area contributed by atoms with Crippen molar-refractivity contribution in [2.45, 2.75) is 32.2 Å². The van der Waals surface area contributed by atoms with Crippen LogP contribution in [0, 0.1) is 11.7 Å². The van der Waals surface area contributed by atoms with Gasteiger partial charge in [-0.1, -0.05) is 0 Å². The van der Waals surface area contributed by atoms with Crippen molar-refractivity contribution in [2.24, 2.45) is 5.92 Å². The van der Waals surface area contributed by atoms with Crippen molar-refractivity contribution in [3.05, 3.63) is 57.5 Å². The molecule has 4 nitrogen and oxygen atoms in total. The number of carbonyl (C=O) groups is 2. The molecule has 2 aromatic rings. The zero-order valence-corrected chi connectivity index (χ0v) is 16.2. The van der Waals surface area contributed by atoms with E-state index < -0.39 is 0 Å². The lowest BCUT2D eigenvalue weighted by atomic mass is 9.93. The van der Waals surface area contributed by atoms with E-state index in [2.05, 4.69) is 18.4 Å². The van der Waals surface area contributed by atoms with Gasteiger partial charge in [0.25, 0.3) is 5.91 Å². The molecule has 6 heteroatoms. The average molecular weight is 386 g/mol. The summed E-state index contributed by atoms with van der Waals surface area (Å²) in [6, 6.07) is 7.83. The van der Waals surface area contributed by atoms with Crippen LogP contribution in [0.4, 0.5) is 4.39 Å². The summed E-state index contributed by atoms with van der Waals surface area (Å²) in [5.74, 6) is -0.494. The predicted molar refractivity (Wildman–Crippen MR) is 103 cm³/mol. The summed E-state index contributed by atoms with van der Waals surface area (Å²) >= 11 is 1.76. The van der Waals surface area contributed by atoms with E-state index in [1.54, 1.807) is 16.2 Å². The number of carbonyl (C=O) groups excluding carboxylic acids is 2. The first-order valence-electron chi connectivity index (χ1n) is 9.46. The number of likely N-dealkylation sites (tertiary alicyclic amines) is 1. The van der Waals surface area contributed by atoms with Crippen LogP contribution in [-0.4, -0.2) is 41.2 Å². The normalized spacial score (nSPS) is 22.4. The minimum Gasteiger partial charge on any atom is -0.338 e. The number of amides is 2. The summed E-state index contributed by atoms with van der Waals surface area (Å²) in [5, 5.41) is 2.10. The molecule has 0 saturated carbocycles. The average Bonchev–Trinajstić information content (AvgIpc) is 3.18. The first-order valence-corrected chi connectivity index (χ1v) is 10.3. The lowest BCUT2D eigenvalue weighted by Gasteiger charge is -2.39. The van der Waals surface area contributed by atoms with Crippen molar-refractivity contribution >= 4 is 23.2 Å². The van der Waals surface area contributed by atoms with Crippen molar-refractivity contribution < 1.29 is 14.0 Å². The van der Waals surface area contributed by atoms with Crippen LogP contribution in [0.15, 0.2) is 35.7 Å². The van der Waals surface area contributed by atoms with E-state index in [0.717, 1.165) is 25.8 Å². The Kier molecular flexibility index (Phi) is 5.00. The van der Waals surface area contributed by atoms with Gasteiger partial charge in [-0.25, -0.2) is 4.39 Å². The smallest absolute Gasteiger partial charge is 0.253 e. The predicted octanol–water partition coefficient (Wildman–Crippen LogP) is 3.89. The van der Waals surface area contributed by atoms with Crippen LogP contribution in [-0.2, 0) is 11.2 Å². The third-order valence-electron chi connectivity index (χ3n) is 5.71. The van der Waals surface area contributed by atoms with Crippen LogP contribution in [0.25, 0.3) is 0 Å². The molecular weight excluding hydrogens is 363 g/mol. The van der Waals surface area contributed by atoms with Crippen LogP contribution < -0.4 is 0 Å². The van der Waals surface area contributed by atoms with Crippen LogP contribution in [0.3, 0.4) is 0 Å². The summed E-state index contributed by atoms with van der Waals surface area (Å²) < 4.78 is 13.1. The van der Waals surface area contributed by atoms with Gasteiger partial charge in [-0.05, 0) is 67.5 Å². The van der Waals surface area contributed by atoms with E-state index >= 15 is 0 Å². The van der Waals surface area contributed by atoms with E-state index in [1.165, 1.54) is 34.7 Å². The van der Waals surface area contributed by atoms with Gasteiger partial charge >= 0.3 is 0 Å². The van der Waals surface area contributed by atoms with E-state index in [-0.39, 0.29) is 29.6 Å². The quantitative estimate of drug-likeness (QED) is 0.786. The molecule has 2 amide bonds. The van der Waals surface area contributed by atoms with Gasteiger partial charge in [-0.2, -0.15) is 0 Å². The largest absolute Gasteiger partial charge is 0.338 e. The number of nitrogens with zero attached hydrogens (tertiary/aromatic N) is 2. The molecule has 1 fully saturated rings. The standard InChI is InChI=1S/C21H23FN2O2S/c1-14-18-9-12-27-19(18)8-11-24(14)21(26)16-3-2-10-23(13-16)20(25)15-4-6-17(22)7-5-15/h4-7,9,12,14,16H,2-3,8,10-11,13H2,1H3. The maximum absolute atomic E-state index is 13.2. The molecule has 2 aliphatic heterocycles. The zero-order valence-electron chi connectivity index (χ0n) is 15.4. The monoisotopic (exact) mass is 386 g/mol. The van der Waals surface area contributed by atoms with Gasteiger partial charge in [0.05, 0.1) is 12.0 Å². The van der Waals surface area contributed by atoms with Gasteiger partial charge in [-0.3, -0.25) is 9.59 Å². The van der Waals surface area contributed by atoms with Crippen molar-refractivity contribution in [3.8, 4) is 0 Å². The van der Waals surface area contributed by atoms with Gasteiger partial charge in [0.15, 0.2) is 0 Å². The summed E-state index contributed by atoms with van der Waals surface area (Å²) in [5.41, 5.74) is 1.73. The van der Waals surface area contributed by atoms with Crippen molar-refractivity contribution in [1.29, 1.82) is 0 Å². The molecule has 2 aliphatic rings. The number of hydrogen-bond acceptors (Lipinski definition) is 3. The molecule has 0 spiro atoms. The second-order valence-electron chi connectivity index (χ2n) is 7.35. The fraction of sp³-hybridized carbons (Fsp3) is 0.429. The molecule has 1 aromatic carbocycles. The van der Waals surface area contributed by atoms with Gasteiger partial charge in [0.1, 0.15) is 5.82 Å². The van der Waals surface area contributed by atoms with E-state index in [4.69, 9.17) is 0 Å². The lowest BCUT2D eigenvalue weighted by Crippen LogP contribution is -2.48. The van der Waals surface area contributed by atoms with Gasteiger partial charge in [0, 0.05) is 30.1 Å². The van der Waals surface area contributed by atoms with E-state index in [9.17, 15) is 14.0 Å². The van der Waals surface area contributed by atoms with Crippen LogP contribution in [0.2, 0.25) is 0 Å². The summed E-state index contributed by atoms with van der Waals surface area (Å²) in [7, 11) is 0. The number of halogens is 1. The fourth-order valence-corrected chi connectivity index (χ4v) is 5.15. The molecule has 2 atom stereocenters. The number of hydrogen-bond donors (Lipinski definition) is 0. The molecule has 4 rings (SSSR count). The number of rotatable bonds is 2. The lowest BCUT2D eigenvalue weighted by molar-refractivity contribution is -0.139. The highest BCUT2D eigenvalue weighted by Gasteiger charge is 2.35. The number of fused-ring (bicyclic) bond motifs is 1. The number of piperidine rings is 1. The topological polar surface area (TPSA) is 40.6 Å². The van der Waals surface area contributed by atoms with Gasteiger partial charge in [-0.15, -0.1) is 11.3 Å². The van der Waals surface area contributed by atoms with Crippen molar-refractivity contribution in [3.63, 3.8) is 0 Å². The van der Waals surface area contributed by atoms with Gasteiger partial charge in [0.2, 0.25) is 5.91 Å². The van der Waals surface area contributed by atoms with Gasteiger partial charge < -0.3 is 9.80 Å². The van der Waals surface area contributed by atoms with Crippen LogP contribution in [0.5, 0.6) is 0 Å². The summed E-state index contributed by atoms with van der Waals surface area (Å²) in [4.78, 5) is 31.0.